The van der Waals surface area contributed by atoms with E-state index in [-0.39, 0.29) is 5.56 Å². The van der Waals surface area contributed by atoms with Gasteiger partial charge >= 0.3 is 12.1 Å². The van der Waals surface area contributed by atoms with Crippen LogP contribution < -0.4 is 0 Å². The van der Waals surface area contributed by atoms with Gasteiger partial charge in [0.05, 0.1) is 5.56 Å². The van der Waals surface area contributed by atoms with Crippen LogP contribution in [0.25, 0.3) is 0 Å². The lowest BCUT2D eigenvalue weighted by Crippen LogP contribution is -2.34. The first-order valence-electron chi connectivity index (χ1n) is 4.91. The normalized spacial score (nSPS) is 14.4. The van der Waals surface area contributed by atoms with Crippen molar-refractivity contribution in [3.05, 3.63) is 34.9 Å². The van der Waals surface area contributed by atoms with Gasteiger partial charge in [-0.1, -0.05) is 6.07 Å². The maximum Gasteiger partial charge on any atom is 0.407 e. The summed E-state index contributed by atoms with van der Waals surface area (Å²) < 4.78 is 0. The zero-order valence-electron chi connectivity index (χ0n) is 8.51. The van der Waals surface area contributed by atoms with Gasteiger partial charge in [0, 0.05) is 13.1 Å². The van der Waals surface area contributed by atoms with Crippen LogP contribution in [-0.2, 0) is 13.0 Å². The van der Waals surface area contributed by atoms with Crippen molar-refractivity contribution in [3.63, 3.8) is 0 Å². The molecule has 1 aliphatic heterocycles. The van der Waals surface area contributed by atoms with E-state index in [1.54, 1.807) is 12.1 Å². The zero-order valence-corrected chi connectivity index (χ0v) is 8.51. The Bertz CT molecular complexity index is 455. The minimum Gasteiger partial charge on any atom is -0.478 e. The Hall–Kier alpha value is -2.04. The molecule has 2 N–H and O–H groups in total. The molecule has 0 saturated heterocycles. The monoisotopic (exact) mass is 221 g/mol. The molecule has 0 spiro atoms. The van der Waals surface area contributed by atoms with Crippen molar-refractivity contribution in [2.45, 2.75) is 13.0 Å². The van der Waals surface area contributed by atoms with Gasteiger partial charge in [-0.15, -0.1) is 0 Å². The Labute approximate surface area is 91.9 Å². The van der Waals surface area contributed by atoms with Crippen molar-refractivity contribution in [2.75, 3.05) is 6.54 Å². The molecule has 0 radical (unpaired) electrons. The van der Waals surface area contributed by atoms with E-state index in [0.29, 0.717) is 19.5 Å². The second-order valence-corrected chi connectivity index (χ2v) is 3.74. The maximum absolute atomic E-state index is 10.8. The fourth-order valence-electron chi connectivity index (χ4n) is 1.85. The van der Waals surface area contributed by atoms with Crippen LogP contribution >= 0.6 is 0 Å². The molecule has 1 aromatic carbocycles. The van der Waals surface area contributed by atoms with Crippen molar-refractivity contribution in [1.82, 2.24) is 4.90 Å². The highest BCUT2D eigenvalue weighted by atomic mass is 16.4. The molecule has 1 aliphatic rings. The van der Waals surface area contributed by atoms with Gasteiger partial charge in [-0.05, 0) is 29.7 Å². The molecule has 0 fully saturated rings. The van der Waals surface area contributed by atoms with Crippen molar-refractivity contribution in [2.24, 2.45) is 0 Å². The Morgan fingerprint density at radius 1 is 1.19 bits per heavy atom. The van der Waals surface area contributed by atoms with E-state index in [1.165, 1.54) is 11.0 Å². The molecule has 0 aromatic heterocycles. The number of carboxylic acid groups (broad SMARTS) is 2. The summed E-state index contributed by atoms with van der Waals surface area (Å²) in [5.74, 6) is -0.955. The number of fused-ring (bicyclic) bond motifs is 1. The molecule has 1 heterocycles. The number of rotatable bonds is 1. The molecule has 0 aliphatic carbocycles. The van der Waals surface area contributed by atoms with E-state index in [9.17, 15) is 9.59 Å². The first kappa shape index (κ1) is 10.5. The topological polar surface area (TPSA) is 77.8 Å². The van der Waals surface area contributed by atoms with E-state index >= 15 is 0 Å². The summed E-state index contributed by atoms with van der Waals surface area (Å²) in [4.78, 5) is 22.8. The first-order chi connectivity index (χ1) is 7.58. The highest BCUT2D eigenvalue weighted by molar-refractivity contribution is 5.88. The van der Waals surface area contributed by atoms with E-state index in [1.807, 2.05) is 0 Å². The molecule has 84 valence electrons. The molecule has 5 nitrogen and oxygen atoms in total. The molecule has 16 heavy (non-hydrogen) atoms. The lowest BCUT2D eigenvalue weighted by molar-refractivity contribution is 0.0696. The zero-order chi connectivity index (χ0) is 11.7. The fraction of sp³-hybridized carbons (Fsp3) is 0.273. The third kappa shape index (κ3) is 1.84. The van der Waals surface area contributed by atoms with Crippen LogP contribution in [0, 0.1) is 0 Å². The van der Waals surface area contributed by atoms with Crippen LogP contribution in [-0.4, -0.2) is 33.7 Å². The molecule has 0 atom stereocenters. The summed E-state index contributed by atoms with van der Waals surface area (Å²) in [5, 5.41) is 17.7. The summed E-state index contributed by atoms with van der Waals surface area (Å²) >= 11 is 0. The van der Waals surface area contributed by atoms with Gasteiger partial charge in [0.15, 0.2) is 0 Å². The SMILES string of the molecule is O=C(O)c1ccc2c(c1)CCN(C(=O)O)C2. The van der Waals surface area contributed by atoms with Gasteiger partial charge in [0.25, 0.3) is 0 Å². The predicted octanol–water partition coefficient (Wildman–Crippen LogP) is 1.42. The van der Waals surface area contributed by atoms with Crippen LogP contribution in [0.4, 0.5) is 4.79 Å². The fourth-order valence-corrected chi connectivity index (χ4v) is 1.85. The third-order valence-corrected chi connectivity index (χ3v) is 2.74. The highest BCUT2D eigenvalue weighted by Gasteiger charge is 2.20. The van der Waals surface area contributed by atoms with E-state index in [2.05, 4.69) is 0 Å². The Morgan fingerprint density at radius 2 is 1.94 bits per heavy atom. The predicted molar refractivity (Wildman–Crippen MR) is 55.5 cm³/mol. The second kappa shape index (κ2) is 3.84. The van der Waals surface area contributed by atoms with Gasteiger partial charge < -0.3 is 15.1 Å². The second-order valence-electron chi connectivity index (χ2n) is 3.74. The number of carbonyl (C=O) groups is 2. The van der Waals surface area contributed by atoms with Gasteiger partial charge in [-0.25, -0.2) is 9.59 Å². The average Bonchev–Trinajstić information content (AvgIpc) is 2.27. The molecule has 0 saturated carbocycles. The van der Waals surface area contributed by atoms with Crippen LogP contribution in [0.2, 0.25) is 0 Å². The molecule has 1 aromatic rings. The Kier molecular flexibility index (Phi) is 2.52. The van der Waals surface area contributed by atoms with Crippen molar-refractivity contribution in [1.29, 1.82) is 0 Å². The Morgan fingerprint density at radius 3 is 2.56 bits per heavy atom. The molecule has 0 unspecified atom stereocenters. The molecular formula is C11H11NO4. The summed E-state index contributed by atoms with van der Waals surface area (Å²) in [6.45, 7) is 0.760. The number of carboxylic acids is 1. The molecular weight excluding hydrogens is 210 g/mol. The van der Waals surface area contributed by atoms with Gasteiger partial charge in [-0.2, -0.15) is 0 Å². The lowest BCUT2D eigenvalue weighted by atomic mass is 9.97. The number of amides is 1. The number of hydrogen-bond donors (Lipinski definition) is 2. The van der Waals surface area contributed by atoms with Crippen LogP contribution in [0.15, 0.2) is 18.2 Å². The standard InChI is InChI=1S/C11H11NO4/c13-10(14)8-1-2-9-6-12(11(15)16)4-3-7(9)5-8/h1-2,5H,3-4,6H2,(H,13,14)(H,15,16). The summed E-state index contributed by atoms with van der Waals surface area (Å²) in [5.41, 5.74) is 2.07. The van der Waals surface area contributed by atoms with Gasteiger partial charge in [0.2, 0.25) is 0 Å². The van der Waals surface area contributed by atoms with Crippen molar-refractivity contribution >= 4 is 12.1 Å². The number of nitrogens with zero attached hydrogens (tertiary/aromatic N) is 1. The number of benzene rings is 1. The van der Waals surface area contributed by atoms with Crippen LogP contribution in [0.3, 0.4) is 0 Å². The van der Waals surface area contributed by atoms with Crippen molar-refractivity contribution < 1.29 is 19.8 Å². The summed E-state index contributed by atoms with van der Waals surface area (Å²) in [6, 6.07) is 4.82. The molecule has 1 amide bonds. The molecule has 0 bridgehead atoms. The minimum absolute atomic E-state index is 0.252. The average molecular weight is 221 g/mol. The van der Waals surface area contributed by atoms with E-state index in [4.69, 9.17) is 10.2 Å². The van der Waals surface area contributed by atoms with Crippen molar-refractivity contribution in [3.8, 4) is 0 Å². The Balaban J connectivity index is 2.29. The quantitative estimate of drug-likeness (QED) is 0.751. The van der Waals surface area contributed by atoms with Gasteiger partial charge in [0.1, 0.15) is 0 Å². The number of hydrogen-bond acceptors (Lipinski definition) is 2. The first-order valence-corrected chi connectivity index (χ1v) is 4.91. The molecule has 2 rings (SSSR count). The van der Waals surface area contributed by atoms with E-state index < -0.39 is 12.1 Å². The largest absolute Gasteiger partial charge is 0.478 e. The number of aromatic carboxylic acids is 1. The van der Waals surface area contributed by atoms with E-state index in [0.717, 1.165) is 11.1 Å². The van der Waals surface area contributed by atoms with Gasteiger partial charge in [-0.3, -0.25) is 0 Å². The van der Waals surface area contributed by atoms with Crippen LogP contribution in [0.5, 0.6) is 0 Å². The smallest absolute Gasteiger partial charge is 0.407 e. The van der Waals surface area contributed by atoms with Crippen LogP contribution in [0.1, 0.15) is 21.5 Å². The summed E-state index contributed by atoms with van der Waals surface area (Å²) in [6.07, 6.45) is -0.365. The third-order valence-electron chi connectivity index (χ3n) is 2.74. The highest BCUT2D eigenvalue weighted by Crippen LogP contribution is 2.20. The summed E-state index contributed by atoms with van der Waals surface area (Å²) in [7, 11) is 0. The molecule has 5 heteroatoms. The minimum atomic E-state index is -0.955. The maximum atomic E-state index is 10.8. The lowest BCUT2D eigenvalue weighted by Gasteiger charge is -2.26.